The van der Waals surface area contributed by atoms with Crippen LogP contribution in [0.3, 0.4) is 0 Å². The lowest BCUT2D eigenvalue weighted by molar-refractivity contribution is 0.542. The molecule has 0 saturated carbocycles. The Labute approximate surface area is 76.1 Å². The fourth-order valence-corrected chi connectivity index (χ4v) is 1.15. The summed E-state index contributed by atoms with van der Waals surface area (Å²) < 4.78 is 5.15. The fraction of sp³-hybridized carbons (Fsp3) is 0.100. The molecular formula is C10H10N2O. The number of rotatable bonds is 2. The van der Waals surface area contributed by atoms with E-state index in [2.05, 4.69) is 9.97 Å². The quantitative estimate of drug-likeness (QED) is 0.760. The van der Waals surface area contributed by atoms with Crippen LogP contribution < -0.4 is 0 Å². The second kappa shape index (κ2) is 3.31. The molecule has 0 atom stereocenters. The molecule has 13 heavy (non-hydrogen) atoms. The maximum Gasteiger partial charge on any atom is 0.221 e. The summed E-state index contributed by atoms with van der Waals surface area (Å²) in [6, 6.07) is 3.95. The van der Waals surface area contributed by atoms with Crippen molar-refractivity contribution in [2.75, 3.05) is 0 Å². The molecule has 0 amide bonds. The fourth-order valence-electron chi connectivity index (χ4n) is 1.15. The smallest absolute Gasteiger partial charge is 0.221 e. The SMILES string of the molecule is CC(=Cc1ccc[nH]1)c1ncco1. The van der Waals surface area contributed by atoms with Crippen LogP contribution in [0.15, 0.2) is 35.2 Å². The molecule has 2 aromatic rings. The van der Waals surface area contributed by atoms with Crippen LogP contribution in [0.4, 0.5) is 0 Å². The summed E-state index contributed by atoms with van der Waals surface area (Å²) in [6.07, 6.45) is 7.09. The van der Waals surface area contributed by atoms with Crippen LogP contribution in [-0.2, 0) is 0 Å². The van der Waals surface area contributed by atoms with E-state index < -0.39 is 0 Å². The van der Waals surface area contributed by atoms with Gasteiger partial charge in [0.1, 0.15) is 6.26 Å². The van der Waals surface area contributed by atoms with E-state index in [0.29, 0.717) is 5.89 Å². The van der Waals surface area contributed by atoms with Gasteiger partial charge in [-0.3, -0.25) is 0 Å². The van der Waals surface area contributed by atoms with Crippen molar-refractivity contribution in [1.82, 2.24) is 9.97 Å². The highest BCUT2D eigenvalue weighted by Crippen LogP contribution is 2.14. The van der Waals surface area contributed by atoms with E-state index >= 15 is 0 Å². The van der Waals surface area contributed by atoms with E-state index in [0.717, 1.165) is 11.3 Å². The number of allylic oxidation sites excluding steroid dienone is 1. The number of nitrogens with zero attached hydrogens (tertiary/aromatic N) is 1. The molecule has 0 saturated heterocycles. The van der Waals surface area contributed by atoms with Gasteiger partial charge in [-0.2, -0.15) is 0 Å². The summed E-state index contributed by atoms with van der Waals surface area (Å²) in [5, 5.41) is 0. The third-order valence-corrected chi connectivity index (χ3v) is 1.76. The van der Waals surface area contributed by atoms with Gasteiger partial charge in [0, 0.05) is 17.5 Å². The molecule has 0 bridgehead atoms. The molecule has 3 heteroatoms. The second-order valence-electron chi connectivity index (χ2n) is 2.79. The first-order chi connectivity index (χ1) is 6.36. The van der Waals surface area contributed by atoms with Gasteiger partial charge in [-0.15, -0.1) is 0 Å². The van der Waals surface area contributed by atoms with Crippen LogP contribution in [0.25, 0.3) is 11.6 Å². The first kappa shape index (κ1) is 7.86. The van der Waals surface area contributed by atoms with Crippen LogP contribution in [-0.4, -0.2) is 9.97 Å². The highest BCUT2D eigenvalue weighted by atomic mass is 16.3. The number of oxazole rings is 1. The summed E-state index contributed by atoms with van der Waals surface area (Å²) in [7, 11) is 0. The topological polar surface area (TPSA) is 41.8 Å². The lowest BCUT2D eigenvalue weighted by atomic mass is 10.2. The normalized spacial score (nSPS) is 11.9. The monoisotopic (exact) mass is 174 g/mol. The van der Waals surface area contributed by atoms with Gasteiger partial charge in [0.25, 0.3) is 0 Å². The number of aromatic nitrogens is 2. The number of hydrogen-bond acceptors (Lipinski definition) is 2. The van der Waals surface area contributed by atoms with Crippen molar-refractivity contribution in [3.8, 4) is 0 Å². The third-order valence-electron chi connectivity index (χ3n) is 1.76. The van der Waals surface area contributed by atoms with Gasteiger partial charge < -0.3 is 9.40 Å². The molecule has 0 radical (unpaired) electrons. The Morgan fingerprint density at radius 1 is 1.62 bits per heavy atom. The Morgan fingerprint density at radius 2 is 2.54 bits per heavy atom. The van der Waals surface area contributed by atoms with Gasteiger partial charge in [0.05, 0.1) is 6.20 Å². The first-order valence-electron chi connectivity index (χ1n) is 4.08. The molecule has 1 N–H and O–H groups in total. The minimum atomic E-state index is 0.662. The van der Waals surface area contributed by atoms with Crippen molar-refractivity contribution in [1.29, 1.82) is 0 Å². The molecule has 3 nitrogen and oxygen atoms in total. The Morgan fingerprint density at radius 3 is 3.15 bits per heavy atom. The molecular weight excluding hydrogens is 164 g/mol. The first-order valence-corrected chi connectivity index (χ1v) is 4.08. The molecule has 0 aliphatic carbocycles. The van der Waals surface area contributed by atoms with Gasteiger partial charge in [-0.25, -0.2) is 4.98 Å². The van der Waals surface area contributed by atoms with Crippen molar-refractivity contribution >= 4 is 11.6 Å². The number of hydrogen-bond donors (Lipinski definition) is 1. The molecule has 66 valence electrons. The summed E-state index contributed by atoms with van der Waals surface area (Å²) in [6.45, 7) is 1.96. The molecule has 2 heterocycles. The van der Waals surface area contributed by atoms with Gasteiger partial charge in [0.15, 0.2) is 0 Å². The molecule has 0 spiro atoms. The Kier molecular flexibility index (Phi) is 2.00. The van der Waals surface area contributed by atoms with E-state index in [-0.39, 0.29) is 0 Å². The van der Waals surface area contributed by atoms with Crippen LogP contribution in [0, 0.1) is 0 Å². The molecule has 0 unspecified atom stereocenters. The summed E-state index contributed by atoms with van der Waals surface area (Å²) in [5.74, 6) is 0.662. The number of nitrogens with one attached hydrogen (secondary N) is 1. The van der Waals surface area contributed by atoms with Crippen molar-refractivity contribution in [3.05, 3.63) is 42.4 Å². The minimum absolute atomic E-state index is 0.662. The average Bonchev–Trinajstić information content (AvgIpc) is 2.74. The van der Waals surface area contributed by atoms with Crippen molar-refractivity contribution < 1.29 is 4.42 Å². The molecule has 0 aliphatic rings. The summed E-state index contributed by atoms with van der Waals surface area (Å²) in [4.78, 5) is 7.13. The zero-order valence-electron chi connectivity index (χ0n) is 7.32. The van der Waals surface area contributed by atoms with Crippen molar-refractivity contribution in [2.24, 2.45) is 0 Å². The molecule has 2 rings (SSSR count). The maximum atomic E-state index is 5.15. The lowest BCUT2D eigenvalue weighted by Gasteiger charge is -1.92. The largest absolute Gasteiger partial charge is 0.445 e. The van der Waals surface area contributed by atoms with Gasteiger partial charge in [-0.1, -0.05) is 0 Å². The zero-order chi connectivity index (χ0) is 9.10. The third kappa shape index (κ3) is 1.69. The van der Waals surface area contributed by atoms with Gasteiger partial charge in [-0.05, 0) is 25.1 Å². The van der Waals surface area contributed by atoms with Crippen LogP contribution in [0.1, 0.15) is 18.5 Å². The standard InChI is InChI=1S/C10H10N2O/c1-8(10-12-5-6-13-10)7-9-3-2-4-11-9/h2-7,11H,1H3. The van der Waals surface area contributed by atoms with E-state index in [1.54, 1.807) is 12.5 Å². The molecule has 0 aliphatic heterocycles. The Balaban J connectivity index is 2.27. The Hall–Kier alpha value is -1.77. The zero-order valence-corrected chi connectivity index (χ0v) is 7.32. The highest BCUT2D eigenvalue weighted by Gasteiger charge is 1.99. The maximum absolute atomic E-state index is 5.15. The molecule has 0 aromatic carbocycles. The van der Waals surface area contributed by atoms with Crippen LogP contribution >= 0.6 is 0 Å². The molecule has 2 aromatic heterocycles. The van der Waals surface area contributed by atoms with E-state index in [9.17, 15) is 0 Å². The van der Waals surface area contributed by atoms with Crippen LogP contribution in [0.2, 0.25) is 0 Å². The lowest BCUT2D eigenvalue weighted by Crippen LogP contribution is -1.78. The van der Waals surface area contributed by atoms with E-state index in [4.69, 9.17) is 4.42 Å². The highest BCUT2D eigenvalue weighted by molar-refractivity contribution is 5.75. The predicted octanol–water partition coefficient (Wildman–Crippen LogP) is 2.56. The van der Waals surface area contributed by atoms with Gasteiger partial charge in [0.2, 0.25) is 5.89 Å². The summed E-state index contributed by atoms with van der Waals surface area (Å²) >= 11 is 0. The number of H-pyrrole nitrogens is 1. The van der Waals surface area contributed by atoms with E-state index in [1.807, 2.05) is 31.3 Å². The van der Waals surface area contributed by atoms with Crippen LogP contribution in [0.5, 0.6) is 0 Å². The minimum Gasteiger partial charge on any atom is -0.445 e. The molecule has 0 fully saturated rings. The predicted molar refractivity (Wildman–Crippen MR) is 50.8 cm³/mol. The number of aromatic amines is 1. The average molecular weight is 174 g/mol. The summed E-state index contributed by atoms with van der Waals surface area (Å²) in [5.41, 5.74) is 2.06. The van der Waals surface area contributed by atoms with Crippen molar-refractivity contribution in [3.63, 3.8) is 0 Å². The Bertz CT molecular complexity index is 384. The van der Waals surface area contributed by atoms with E-state index in [1.165, 1.54) is 0 Å². The van der Waals surface area contributed by atoms with Crippen molar-refractivity contribution in [2.45, 2.75) is 6.92 Å². The van der Waals surface area contributed by atoms with Gasteiger partial charge >= 0.3 is 0 Å². The second-order valence-corrected chi connectivity index (χ2v) is 2.79.